The van der Waals surface area contributed by atoms with E-state index in [1.165, 1.54) is 4.90 Å². The lowest BCUT2D eigenvalue weighted by Gasteiger charge is -2.54. The summed E-state index contributed by atoms with van der Waals surface area (Å²) in [5.41, 5.74) is 4.46. The van der Waals surface area contributed by atoms with Gasteiger partial charge in [0, 0.05) is 79.5 Å². The molecule has 4 saturated heterocycles. The molecule has 10 nitrogen and oxygen atoms in total. The van der Waals surface area contributed by atoms with E-state index in [0.29, 0.717) is 54.4 Å². The Balaban J connectivity index is 1.20. The molecule has 9 rings (SSSR count). The fraction of sp³-hybridized carbons (Fsp3) is 0.514. The van der Waals surface area contributed by atoms with Crippen LogP contribution in [0.3, 0.4) is 0 Å². The van der Waals surface area contributed by atoms with Crippen LogP contribution in [-0.2, 0) is 4.79 Å². The number of nitrogens with one attached hydrogen (secondary N) is 2. The number of ether oxygens (including phenoxy) is 1. The van der Waals surface area contributed by atoms with Crippen molar-refractivity contribution in [3.8, 4) is 16.9 Å². The number of hydrogen-bond acceptors (Lipinski definition) is 8. The Hall–Kier alpha value is -4.46. The van der Waals surface area contributed by atoms with Crippen molar-refractivity contribution in [2.75, 3.05) is 68.8 Å². The van der Waals surface area contributed by atoms with E-state index >= 15 is 0 Å². The second-order valence-corrected chi connectivity index (χ2v) is 15.5. The lowest BCUT2D eigenvalue weighted by molar-refractivity contribution is -0.153. The van der Waals surface area contributed by atoms with Crippen LogP contribution >= 0.6 is 0 Å². The summed E-state index contributed by atoms with van der Waals surface area (Å²) in [4.78, 5) is 28.4. The molecule has 0 atom stereocenters. The molecule has 1 aliphatic carbocycles. The van der Waals surface area contributed by atoms with Gasteiger partial charge in [-0.15, -0.1) is 0 Å². The number of alkyl halides is 3. The number of benzene rings is 2. The van der Waals surface area contributed by atoms with Crippen LogP contribution in [0.5, 0.6) is 5.75 Å². The molecule has 2 aromatic heterocycles. The van der Waals surface area contributed by atoms with Gasteiger partial charge in [-0.2, -0.15) is 23.3 Å². The van der Waals surface area contributed by atoms with Crippen LogP contribution < -0.4 is 19.9 Å². The molecule has 5 fully saturated rings. The van der Waals surface area contributed by atoms with Gasteiger partial charge in [0.25, 0.3) is 5.91 Å². The summed E-state index contributed by atoms with van der Waals surface area (Å²) in [5.74, 6) is -0.146. The molecule has 268 valence electrons. The number of aromatic amines is 1. The standard InChI is InChI=1S/C37H40F4N8O2/c1-21-3-6-27-26(14-43-46-27)28(21)29-24(23-4-5-23)13-25-30(31(29)51-20-37(39,40)41)44-34(48-12-9-36(19-48)15-42-16-36)45-32(25)47-10-7-35(8-11-47)17-49(18-35)33(50)22(2)38/h3,6,13-14,23,42H,2,4-5,7-12,15-20H2,1H3,(H,43,46). The third-order valence-electron chi connectivity index (χ3n) is 11.8. The minimum atomic E-state index is -4.57. The number of likely N-dealkylation sites (tertiary alicyclic amines) is 1. The molecule has 51 heavy (non-hydrogen) atoms. The SMILES string of the molecule is C=C(F)C(=O)N1CC2(CCN(c3nc(N4CCC5(CNC5)C4)nc4c(OCC(F)(F)F)c(-c5c(C)ccc6[nH]ncc56)c(C5CC5)cc34)CC2)C1. The summed E-state index contributed by atoms with van der Waals surface area (Å²) in [6.07, 6.45) is 1.50. The van der Waals surface area contributed by atoms with Gasteiger partial charge in [0.05, 0.1) is 11.7 Å². The lowest BCUT2D eigenvalue weighted by atomic mass is 9.72. The molecular formula is C37H40F4N8O2. The highest BCUT2D eigenvalue weighted by Gasteiger charge is 2.48. The van der Waals surface area contributed by atoms with E-state index in [4.69, 9.17) is 14.7 Å². The quantitative estimate of drug-likeness (QED) is 0.178. The fourth-order valence-corrected chi connectivity index (χ4v) is 8.80. The first-order valence-electron chi connectivity index (χ1n) is 17.8. The predicted molar refractivity (Wildman–Crippen MR) is 186 cm³/mol. The first-order valence-corrected chi connectivity index (χ1v) is 17.8. The Labute approximate surface area is 292 Å². The number of halogens is 4. The highest BCUT2D eigenvalue weighted by molar-refractivity contribution is 6.06. The van der Waals surface area contributed by atoms with Crippen molar-refractivity contribution in [1.29, 1.82) is 0 Å². The van der Waals surface area contributed by atoms with Crippen molar-refractivity contribution in [2.24, 2.45) is 10.8 Å². The average Bonchev–Trinajstić information content (AvgIpc) is 3.61. The van der Waals surface area contributed by atoms with E-state index in [0.717, 1.165) is 85.9 Å². The van der Waals surface area contributed by atoms with Crippen molar-refractivity contribution in [3.63, 3.8) is 0 Å². The third-order valence-corrected chi connectivity index (χ3v) is 11.8. The van der Waals surface area contributed by atoms with Crippen LogP contribution in [0, 0.1) is 17.8 Å². The van der Waals surface area contributed by atoms with Gasteiger partial charge in [-0.05, 0) is 73.8 Å². The summed E-state index contributed by atoms with van der Waals surface area (Å²) in [7, 11) is 0. The lowest BCUT2D eigenvalue weighted by Crippen LogP contribution is -2.62. The first kappa shape index (κ1) is 32.4. The third kappa shape index (κ3) is 5.57. The summed E-state index contributed by atoms with van der Waals surface area (Å²) in [5, 5.41) is 12.2. The van der Waals surface area contributed by atoms with E-state index in [1.54, 1.807) is 6.20 Å². The molecule has 14 heteroatoms. The number of amides is 1. The number of piperidine rings is 1. The molecule has 1 saturated carbocycles. The van der Waals surface area contributed by atoms with E-state index in [1.807, 2.05) is 19.1 Å². The topological polar surface area (TPSA) is 103 Å². The second-order valence-electron chi connectivity index (χ2n) is 15.5. The Bertz CT molecular complexity index is 2070. The van der Waals surface area contributed by atoms with Crippen LogP contribution in [0.2, 0.25) is 0 Å². The number of carbonyl (C=O) groups excluding carboxylic acids is 1. The fourth-order valence-electron chi connectivity index (χ4n) is 8.80. The van der Waals surface area contributed by atoms with E-state index in [-0.39, 0.29) is 22.5 Å². The van der Waals surface area contributed by atoms with Gasteiger partial charge in [-0.25, -0.2) is 9.37 Å². The van der Waals surface area contributed by atoms with Gasteiger partial charge in [-0.3, -0.25) is 9.89 Å². The van der Waals surface area contributed by atoms with Crippen LogP contribution in [0.25, 0.3) is 32.9 Å². The zero-order chi connectivity index (χ0) is 35.3. The summed E-state index contributed by atoms with van der Waals surface area (Å²) in [6, 6.07) is 5.99. The summed E-state index contributed by atoms with van der Waals surface area (Å²) >= 11 is 0. The van der Waals surface area contributed by atoms with Gasteiger partial charge in [0.15, 0.2) is 18.2 Å². The Morgan fingerprint density at radius 3 is 2.37 bits per heavy atom. The Morgan fingerprint density at radius 2 is 1.73 bits per heavy atom. The van der Waals surface area contributed by atoms with Crippen LogP contribution in [0.15, 0.2) is 36.8 Å². The molecule has 0 bridgehead atoms. The number of aryl methyl sites for hydroxylation is 1. The maximum absolute atomic E-state index is 14.0. The van der Waals surface area contributed by atoms with Gasteiger partial charge in [-0.1, -0.05) is 12.6 Å². The zero-order valence-electron chi connectivity index (χ0n) is 28.5. The molecule has 4 aliphatic heterocycles. The molecule has 0 radical (unpaired) electrons. The van der Waals surface area contributed by atoms with Crippen molar-refractivity contribution in [2.45, 2.75) is 51.1 Å². The number of anilines is 2. The number of rotatable bonds is 7. The number of fused-ring (bicyclic) bond motifs is 2. The minimum Gasteiger partial charge on any atom is -0.481 e. The smallest absolute Gasteiger partial charge is 0.422 e. The van der Waals surface area contributed by atoms with Gasteiger partial charge in [0.1, 0.15) is 11.3 Å². The van der Waals surface area contributed by atoms with Gasteiger partial charge in [0.2, 0.25) is 5.95 Å². The number of nitrogens with zero attached hydrogens (tertiary/aromatic N) is 6. The predicted octanol–water partition coefficient (Wildman–Crippen LogP) is 6.01. The van der Waals surface area contributed by atoms with E-state index < -0.39 is 24.5 Å². The van der Waals surface area contributed by atoms with Crippen LogP contribution in [0.1, 0.15) is 49.1 Å². The largest absolute Gasteiger partial charge is 0.481 e. The maximum atomic E-state index is 14.0. The Morgan fingerprint density at radius 1 is 1.00 bits per heavy atom. The minimum absolute atomic E-state index is 0.111. The second kappa shape index (κ2) is 11.5. The average molecular weight is 705 g/mol. The molecule has 2 N–H and O–H groups in total. The first-order chi connectivity index (χ1) is 24.4. The normalized spacial score (nSPS) is 21.1. The number of aromatic nitrogens is 4. The number of H-pyrrole nitrogens is 1. The monoisotopic (exact) mass is 704 g/mol. The molecule has 4 aromatic rings. The van der Waals surface area contributed by atoms with Crippen molar-refractivity contribution in [1.82, 2.24) is 30.4 Å². The number of hydrogen-bond donors (Lipinski definition) is 2. The molecule has 5 aliphatic rings. The molecule has 2 aromatic carbocycles. The van der Waals surface area contributed by atoms with E-state index in [9.17, 15) is 22.4 Å². The number of carbonyl (C=O) groups is 1. The Kier molecular flexibility index (Phi) is 7.33. The zero-order valence-corrected chi connectivity index (χ0v) is 28.5. The maximum Gasteiger partial charge on any atom is 0.422 e. The molecule has 2 spiro atoms. The van der Waals surface area contributed by atoms with Crippen molar-refractivity contribution in [3.05, 3.63) is 47.9 Å². The molecule has 1 amide bonds. The summed E-state index contributed by atoms with van der Waals surface area (Å²) in [6.45, 7) is 9.23. The van der Waals surface area contributed by atoms with Crippen molar-refractivity contribution >= 4 is 39.5 Å². The highest BCUT2D eigenvalue weighted by Crippen LogP contribution is 2.53. The van der Waals surface area contributed by atoms with Gasteiger partial charge < -0.3 is 24.8 Å². The molecular weight excluding hydrogens is 664 g/mol. The van der Waals surface area contributed by atoms with Crippen LogP contribution in [-0.4, -0.2) is 96.1 Å². The van der Waals surface area contributed by atoms with Gasteiger partial charge >= 0.3 is 6.18 Å². The van der Waals surface area contributed by atoms with E-state index in [2.05, 4.69) is 38.0 Å². The summed E-state index contributed by atoms with van der Waals surface area (Å²) < 4.78 is 61.6. The molecule has 0 unspecified atom stereocenters. The highest BCUT2D eigenvalue weighted by atomic mass is 19.4. The molecule has 6 heterocycles. The van der Waals surface area contributed by atoms with Crippen molar-refractivity contribution < 1.29 is 27.1 Å². The van der Waals surface area contributed by atoms with Crippen LogP contribution in [0.4, 0.5) is 29.3 Å².